The molecule has 8 heteroatoms. The Hall–Kier alpha value is -2.29. The number of carbonyl (C=O) groups is 1. The second-order valence-electron chi connectivity index (χ2n) is 8.01. The van der Waals surface area contributed by atoms with Crippen LogP contribution >= 0.6 is 11.3 Å². The molecule has 6 rings (SSSR count). The van der Waals surface area contributed by atoms with Crippen LogP contribution in [0.3, 0.4) is 0 Å². The standard InChI is InChI=1S/C20H22N4O3S/c1-11-16-13(18(26)22-20-8-19(9-20,10-25)27-12(20)2)7-14(15-5-4-6-28-15)21-17(16)24(3)23-11/h4-7,12,25H,8-10H2,1-3H3,(H,22,26). The predicted octanol–water partition coefficient (Wildman–Crippen LogP) is 2.42. The van der Waals surface area contributed by atoms with Crippen molar-refractivity contribution in [2.24, 2.45) is 7.05 Å². The molecule has 0 aromatic carbocycles. The molecule has 28 heavy (non-hydrogen) atoms. The van der Waals surface area contributed by atoms with E-state index in [4.69, 9.17) is 9.72 Å². The molecule has 3 aromatic rings. The molecule has 1 unspecified atom stereocenters. The van der Waals surface area contributed by atoms with E-state index in [1.54, 1.807) is 16.0 Å². The van der Waals surface area contributed by atoms with Gasteiger partial charge in [-0.3, -0.25) is 9.48 Å². The number of fused-ring (bicyclic) bond motifs is 2. The van der Waals surface area contributed by atoms with Crippen LogP contribution in [-0.2, 0) is 11.8 Å². The zero-order chi connectivity index (χ0) is 19.7. The number of pyridine rings is 1. The summed E-state index contributed by atoms with van der Waals surface area (Å²) < 4.78 is 7.64. The van der Waals surface area contributed by atoms with Gasteiger partial charge in [0.05, 0.1) is 51.1 Å². The SMILES string of the molecule is Cc1nn(C)c2nc(-c3cccs3)cc(C(=O)NC34CC(CO)(C3)OC4C)c12. The smallest absolute Gasteiger partial charge is 0.252 e. The molecule has 3 aromatic heterocycles. The van der Waals surface area contributed by atoms with E-state index in [-0.39, 0.29) is 18.6 Å². The van der Waals surface area contributed by atoms with Gasteiger partial charge >= 0.3 is 0 Å². The summed E-state index contributed by atoms with van der Waals surface area (Å²) in [5.74, 6) is -0.148. The van der Waals surface area contributed by atoms with Gasteiger partial charge in [-0.15, -0.1) is 11.3 Å². The van der Waals surface area contributed by atoms with E-state index in [2.05, 4.69) is 10.4 Å². The highest BCUT2D eigenvalue weighted by molar-refractivity contribution is 7.13. The Kier molecular flexibility index (Phi) is 3.72. The summed E-state index contributed by atoms with van der Waals surface area (Å²) in [6.45, 7) is 3.84. The predicted molar refractivity (Wildman–Crippen MR) is 106 cm³/mol. The van der Waals surface area contributed by atoms with Crippen molar-refractivity contribution < 1.29 is 14.6 Å². The maximum Gasteiger partial charge on any atom is 0.252 e. The van der Waals surface area contributed by atoms with Gasteiger partial charge in [-0.05, 0) is 31.4 Å². The zero-order valence-corrected chi connectivity index (χ0v) is 16.8. The van der Waals surface area contributed by atoms with Crippen molar-refractivity contribution in [2.45, 2.75) is 43.9 Å². The fourth-order valence-electron chi connectivity index (χ4n) is 4.76. The Balaban J connectivity index is 1.57. The second-order valence-corrected chi connectivity index (χ2v) is 8.95. The molecule has 5 heterocycles. The number of aryl methyl sites for hydroxylation is 2. The Morgan fingerprint density at radius 1 is 1.50 bits per heavy atom. The molecule has 2 aliphatic heterocycles. The van der Waals surface area contributed by atoms with Crippen molar-refractivity contribution in [3.05, 3.63) is 34.8 Å². The summed E-state index contributed by atoms with van der Waals surface area (Å²) in [6.07, 6.45) is 1.15. The minimum atomic E-state index is -0.493. The number of ether oxygens (including phenoxy) is 1. The summed E-state index contributed by atoms with van der Waals surface area (Å²) in [6, 6.07) is 5.82. The minimum absolute atomic E-state index is 0.0152. The van der Waals surface area contributed by atoms with Crippen molar-refractivity contribution in [1.82, 2.24) is 20.1 Å². The first-order valence-corrected chi connectivity index (χ1v) is 10.2. The first-order valence-electron chi connectivity index (χ1n) is 9.36. The monoisotopic (exact) mass is 398 g/mol. The highest BCUT2D eigenvalue weighted by Gasteiger charge is 2.66. The fraction of sp³-hybridized carbons (Fsp3) is 0.450. The number of hydrogen-bond donors (Lipinski definition) is 2. The maximum atomic E-state index is 13.4. The molecule has 146 valence electrons. The van der Waals surface area contributed by atoms with E-state index >= 15 is 0 Å². The third kappa shape index (κ3) is 2.38. The first kappa shape index (κ1) is 17.8. The molecule has 1 aliphatic carbocycles. The quantitative estimate of drug-likeness (QED) is 0.705. The molecule has 3 fully saturated rings. The van der Waals surface area contributed by atoms with Crippen LogP contribution in [0.5, 0.6) is 0 Å². The third-order valence-corrected chi connectivity index (χ3v) is 7.01. The van der Waals surface area contributed by atoms with E-state index in [0.717, 1.165) is 21.7 Å². The van der Waals surface area contributed by atoms with E-state index in [1.165, 1.54) is 0 Å². The molecule has 2 N–H and O–H groups in total. The number of amides is 1. The Labute approximate surface area is 166 Å². The Morgan fingerprint density at radius 3 is 2.93 bits per heavy atom. The number of aromatic nitrogens is 3. The molecule has 7 nitrogen and oxygen atoms in total. The molecular weight excluding hydrogens is 376 g/mol. The van der Waals surface area contributed by atoms with Gasteiger partial charge in [-0.2, -0.15) is 5.10 Å². The number of rotatable bonds is 4. The van der Waals surface area contributed by atoms with Gasteiger partial charge in [0.25, 0.3) is 5.91 Å². The molecule has 1 saturated carbocycles. The summed E-state index contributed by atoms with van der Waals surface area (Å²) in [5, 5.41) is 20.1. The maximum absolute atomic E-state index is 13.4. The summed E-state index contributed by atoms with van der Waals surface area (Å²) in [5.41, 5.74) is 1.90. The van der Waals surface area contributed by atoms with Gasteiger partial charge in [0, 0.05) is 19.9 Å². The van der Waals surface area contributed by atoms with Crippen LogP contribution in [0.2, 0.25) is 0 Å². The van der Waals surface area contributed by atoms with E-state index in [1.807, 2.05) is 44.5 Å². The minimum Gasteiger partial charge on any atom is -0.393 e. The average molecular weight is 398 g/mol. The molecule has 0 radical (unpaired) electrons. The molecular formula is C20H22N4O3S. The first-order chi connectivity index (χ1) is 13.4. The van der Waals surface area contributed by atoms with Crippen molar-refractivity contribution >= 4 is 28.3 Å². The molecule has 1 amide bonds. The lowest BCUT2D eigenvalue weighted by atomic mass is 9.66. The summed E-state index contributed by atoms with van der Waals surface area (Å²) >= 11 is 1.59. The topological polar surface area (TPSA) is 89.3 Å². The average Bonchev–Trinajstić information content (AvgIpc) is 3.38. The second kappa shape index (κ2) is 5.85. The van der Waals surface area contributed by atoms with Gasteiger partial charge in [0.1, 0.15) is 0 Å². The Morgan fingerprint density at radius 2 is 2.29 bits per heavy atom. The number of nitrogens with one attached hydrogen (secondary N) is 1. The van der Waals surface area contributed by atoms with Crippen LogP contribution in [0, 0.1) is 6.92 Å². The molecule has 0 spiro atoms. The fourth-order valence-corrected chi connectivity index (χ4v) is 5.45. The number of nitrogens with zero attached hydrogens (tertiary/aromatic N) is 3. The van der Waals surface area contributed by atoms with Crippen LogP contribution in [0.4, 0.5) is 0 Å². The number of hydrogen-bond acceptors (Lipinski definition) is 6. The van der Waals surface area contributed by atoms with Gasteiger partial charge < -0.3 is 15.2 Å². The lowest BCUT2D eigenvalue weighted by Gasteiger charge is -2.44. The van der Waals surface area contributed by atoms with Crippen molar-refractivity contribution in [2.75, 3.05) is 6.61 Å². The van der Waals surface area contributed by atoms with Crippen molar-refractivity contribution in [3.63, 3.8) is 0 Å². The number of aliphatic hydroxyl groups is 1. The van der Waals surface area contributed by atoms with E-state index in [0.29, 0.717) is 24.1 Å². The molecule has 2 bridgehead atoms. The normalized spacial score (nSPS) is 28.5. The summed E-state index contributed by atoms with van der Waals surface area (Å²) in [4.78, 5) is 19.1. The van der Waals surface area contributed by atoms with E-state index in [9.17, 15) is 9.90 Å². The van der Waals surface area contributed by atoms with E-state index < -0.39 is 11.1 Å². The molecule has 3 aliphatic rings. The van der Waals surface area contributed by atoms with Crippen molar-refractivity contribution in [1.29, 1.82) is 0 Å². The number of aliphatic hydroxyl groups excluding tert-OH is 1. The highest BCUT2D eigenvalue weighted by atomic mass is 32.1. The third-order valence-electron chi connectivity index (χ3n) is 6.12. The van der Waals surface area contributed by atoms with Crippen molar-refractivity contribution in [3.8, 4) is 10.6 Å². The highest BCUT2D eigenvalue weighted by Crippen LogP contribution is 2.55. The van der Waals surface area contributed by atoms with Crippen LogP contribution < -0.4 is 5.32 Å². The number of thiophene rings is 1. The molecule has 1 atom stereocenters. The lowest BCUT2D eigenvalue weighted by Crippen LogP contribution is -2.62. The van der Waals surface area contributed by atoms with Gasteiger partial charge in [0.2, 0.25) is 0 Å². The van der Waals surface area contributed by atoms with Crippen LogP contribution in [0.1, 0.15) is 35.8 Å². The van der Waals surface area contributed by atoms with Crippen LogP contribution in [0.25, 0.3) is 21.6 Å². The zero-order valence-electron chi connectivity index (χ0n) is 16.0. The summed E-state index contributed by atoms with van der Waals surface area (Å²) in [7, 11) is 1.84. The Bertz CT molecular complexity index is 1080. The van der Waals surface area contributed by atoms with Gasteiger partial charge in [-0.1, -0.05) is 6.07 Å². The van der Waals surface area contributed by atoms with Gasteiger partial charge in [0.15, 0.2) is 5.65 Å². The van der Waals surface area contributed by atoms with Crippen LogP contribution in [0.15, 0.2) is 23.6 Å². The molecule has 2 saturated heterocycles. The van der Waals surface area contributed by atoms with Crippen LogP contribution in [-0.4, -0.2) is 49.6 Å². The lowest BCUT2D eigenvalue weighted by molar-refractivity contribution is -0.0612. The number of carbonyl (C=O) groups excluding carboxylic acids is 1. The largest absolute Gasteiger partial charge is 0.393 e. The van der Waals surface area contributed by atoms with Gasteiger partial charge in [-0.25, -0.2) is 4.98 Å².